The van der Waals surface area contributed by atoms with Crippen molar-refractivity contribution < 1.29 is 21.7 Å². The molecule has 18 heavy (non-hydrogen) atoms. The van der Waals surface area contributed by atoms with E-state index in [-0.39, 0.29) is 40.0 Å². The fourth-order valence-corrected chi connectivity index (χ4v) is 1.54. The van der Waals surface area contributed by atoms with Crippen molar-refractivity contribution in [3.8, 4) is 5.75 Å². The van der Waals surface area contributed by atoms with Gasteiger partial charge in [0, 0.05) is 0 Å². The maximum absolute atomic E-state index is 5.79. The summed E-state index contributed by atoms with van der Waals surface area (Å²) in [6, 6.07) is 17.1. The molecule has 0 saturated heterocycles. The molecule has 0 aliphatic carbocycles. The molecule has 0 fully saturated rings. The normalized spacial score (nSPS) is 9.00. The topological polar surface area (TPSA) is 9.23 Å². The van der Waals surface area contributed by atoms with Gasteiger partial charge in [-0.15, -0.1) is 5.56 Å². The first-order chi connectivity index (χ1) is 7.75. The molecule has 0 N–H and O–H groups in total. The molecule has 0 heterocycles. The molecule has 2 aromatic rings. The van der Waals surface area contributed by atoms with Gasteiger partial charge in [-0.3, -0.25) is 0 Å². The first-order valence-corrected chi connectivity index (χ1v) is 5.41. The Bertz CT molecular complexity index is 471. The molecule has 0 amide bonds. The standard InChI is InChI=1S/C15H15O.BrH.Mg/c1-12-8-9-13(2)15(10-12)16-11-14-6-4-3-5-7-14;;/h4-10H,11H2,1-2H3;1H;/q-1;;+2/p-1. The maximum atomic E-state index is 5.79. The minimum Gasteiger partial charge on any atom is -1.00 e. The molecule has 0 spiro atoms. The van der Waals surface area contributed by atoms with E-state index in [4.69, 9.17) is 4.74 Å². The number of hydrogen-bond acceptors (Lipinski definition) is 1. The summed E-state index contributed by atoms with van der Waals surface area (Å²) >= 11 is 0. The zero-order chi connectivity index (χ0) is 11.4. The van der Waals surface area contributed by atoms with Crippen LogP contribution in [-0.4, -0.2) is 23.1 Å². The summed E-state index contributed by atoms with van der Waals surface area (Å²) in [7, 11) is 0. The van der Waals surface area contributed by atoms with Gasteiger partial charge in [-0.05, 0) is 31.0 Å². The number of rotatable bonds is 3. The summed E-state index contributed by atoms with van der Waals surface area (Å²) in [4.78, 5) is 0. The Kier molecular flexibility index (Phi) is 8.32. The van der Waals surface area contributed by atoms with Gasteiger partial charge in [0.25, 0.3) is 0 Å². The molecule has 90 valence electrons. The molecule has 0 aliphatic rings. The number of aryl methyl sites for hydroxylation is 2. The van der Waals surface area contributed by atoms with Gasteiger partial charge in [-0.25, -0.2) is 0 Å². The third-order valence-electron chi connectivity index (χ3n) is 2.53. The quantitative estimate of drug-likeness (QED) is 0.585. The molecule has 0 bridgehead atoms. The number of benzene rings is 2. The number of halogens is 1. The fourth-order valence-electron chi connectivity index (χ4n) is 1.54. The first-order valence-electron chi connectivity index (χ1n) is 5.41. The fraction of sp³-hybridized carbons (Fsp3) is 0.200. The van der Waals surface area contributed by atoms with E-state index in [0.29, 0.717) is 6.61 Å². The summed E-state index contributed by atoms with van der Waals surface area (Å²) in [5.74, 6) is 0.966. The molecule has 3 heteroatoms. The van der Waals surface area contributed by atoms with Crippen molar-refractivity contribution in [1.29, 1.82) is 0 Å². The van der Waals surface area contributed by atoms with E-state index in [9.17, 15) is 0 Å². The van der Waals surface area contributed by atoms with Crippen LogP contribution in [0.25, 0.3) is 0 Å². The molecular formula is C15H15BrMgO. The van der Waals surface area contributed by atoms with Gasteiger partial charge in [0.15, 0.2) is 0 Å². The second kappa shape index (κ2) is 8.56. The van der Waals surface area contributed by atoms with E-state index in [2.05, 4.69) is 38.1 Å². The van der Waals surface area contributed by atoms with Crippen molar-refractivity contribution in [2.45, 2.75) is 20.5 Å². The van der Waals surface area contributed by atoms with Gasteiger partial charge in [-0.2, -0.15) is 30.3 Å². The van der Waals surface area contributed by atoms with Gasteiger partial charge in [0.05, 0.1) is 6.61 Å². The van der Waals surface area contributed by atoms with Gasteiger partial charge in [0.1, 0.15) is 5.75 Å². The van der Waals surface area contributed by atoms with E-state index >= 15 is 0 Å². The number of ether oxygens (including phenoxy) is 1. The predicted molar refractivity (Wildman–Crippen MR) is 71.3 cm³/mol. The maximum Gasteiger partial charge on any atom is 2.00 e. The largest absolute Gasteiger partial charge is 2.00 e. The molecule has 0 radical (unpaired) electrons. The summed E-state index contributed by atoms with van der Waals surface area (Å²) in [6.45, 7) is 4.75. The van der Waals surface area contributed by atoms with E-state index < -0.39 is 0 Å². The Hall–Kier alpha value is -0.514. The molecule has 0 aliphatic heterocycles. The predicted octanol–water partition coefficient (Wildman–Crippen LogP) is 0.306. The van der Waals surface area contributed by atoms with Crippen LogP contribution in [0.1, 0.15) is 16.7 Å². The van der Waals surface area contributed by atoms with Crippen molar-refractivity contribution in [2.75, 3.05) is 0 Å². The van der Waals surface area contributed by atoms with Crippen molar-refractivity contribution in [2.24, 2.45) is 0 Å². The third kappa shape index (κ3) is 5.00. The summed E-state index contributed by atoms with van der Waals surface area (Å²) in [5, 5.41) is 0. The van der Waals surface area contributed by atoms with E-state index in [1.165, 1.54) is 16.7 Å². The van der Waals surface area contributed by atoms with Crippen LogP contribution in [0, 0.1) is 19.9 Å². The number of hydrogen-bond donors (Lipinski definition) is 0. The van der Waals surface area contributed by atoms with Gasteiger partial charge >= 0.3 is 23.1 Å². The van der Waals surface area contributed by atoms with E-state index in [1.54, 1.807) is 0 Å². The van der Waals surface area contributed by atoms with E-state index in [0.717, 1.165) is 5.75 Å². The Morgan fingerprint density at radius 3 is 2.39 bits per heavy atom. The van der Waals surface area contributed by atoms with E-state index in [1.807, 2.05) is 24.3 Å². The van der Waals surface area contributed by atoms with Crippen molar-refractivity contribution in [1.82, 2.24) is 0 Å². The minimum absolute atomic E-state index is 0. The monoisotopic (exact) mass is 314 g/mol. The zero-order valence-corrected chi connectivity index (χ0v) is 13.7. The SMILES string of the molecule is Cc1ccc(C)c(OCc2cc[c-]cc2)c1.[Br-].[Mg+2]. The molecule has 2 rings (SSSR count). The molecule has 0 atom stereocenters. The van der Waals surface area contributed by atoms with Crippen molar-refractivity contribution >= 4 is 23.1 Å². The summed E-state index contributed by atoms with van der Waals surface area (Å²) in [5.41, 5.74) is 3.56. The van der Waals surface area contributed by atoms with Crippen molar-refractivity contribution in [3.63, 3.8) is 0 Å². The smallest absolute Gasteiger partial charge is 1.00 e. The zero-order valence-electron chi connectivity index (χ0n) is 10.7. The minimum atomic E-state index is 0. The van der Waals surface area contributed by atoms with Crippen LogP contribution >= 0.6 is 0 Å². The van der Waals surface area contributed by atoms with Gasteiger partial charge in [-0.1, -0.05) is 12.1 Å². The third-order valence-corrected chi connectivity index (χ3v) is 2.53. The summed E-state index contributed by atoms with van der Waals surface area (Å²) in [6.07, 6.45) is 0. The van der Waals surface area contributed by atoms with Crippen molar-refractivity contribution in [3.05, 3.63) is 65.2 Å². The molecule has 1 nitrogen and oxygen atoms in total. The first kappa shape index (κ1) is 17.5. The molecule has 2 aromatic carbocycles. The molecule has 0 unspecified atom stereocenters. The van der Waals surface area contributed by atoms with Crippen LogP contribution in [0.3, 0.4) is 0 Å². The molecule has 0 aromatic heterocycles. The Morgan fingerprint density at radius 1 is 1.06 bits per heavy atom. The van der Waals surface area contributed by atoms with Crippen LogP contribution in [-0.2, 0) is 6.61 Å². The van der Waals surface area contributed by atoms with Gasteiger partial charge < -0.3 is 21.7 Å². The average molecular weight is 315 g/mol. The second-order valence-electron chi connectivity index (χ2n) is 3.97. The van der Waals surface area contributed by atoms with Crippen LogP contribution in [0.15, 0.2) is 42.5 Å². The van der Waals surface area contributed by atoms with Crippen LogP contribution in [0.5, 0.6) is 5.75 Å². The summed E-state index contributed by atoms with van der Waals surface area (Å²) < 4.78 is 5.79. The van der Waals surface area contributed by atoms with Gasteiger partial charge in [0.2, 0.25) is 0 Å². The molecule has 0 saturated carbocycles. The Balaban J connectivity index is 0.00000144. The molecular weight excluding hydrogens is 300 g/mol. The van der Waals surface area contributed by atoms with Crippen LogP contribution < -0.4 is 21.7 Å². The average Bonchev–Trinajstić information content (AvgIpc) is 2.32. The Morgan fingerprint density at radius 2 is 1.72 bits per heavy atom. The Labute approximate surface area is 135 Å². The van der Waals surface area contributed by atoms with Crippen LogP contribution in [0.4, 0.5) is 0 Å². The van der Waals surface area contributed by atoms with Crippen LogP contribution in [0.2, 0.25) is 0 Å². The second-order valence-corrected chi connectivity index (χ2v) is 3.97.